The highest BCUT2D eigenvalue weighted by Gasteiger charge is 2.23. The minimum absolute atomic E-state index is 0.112. The molecule has 3 nitrogen and oxygen atoms in total. The van der Waals surface area contributed by atoms with Crippen LogP contribution in [0.5, 0.6) is 0 Å². The molecule has 2 unspecified atom stereocenters. The van der Waals surface area contributed by atoms with Crippen molar-refractivity contribution in [3.8, 4) is 0 Å². The molecule has 0 heterocycles. The van der Waals surface area contributed by atoms with Crippen LogP contribution in [0.3, 0.4) is 0 Å². The molecule has 1 aliphatic carbocycles. The fourth-order valence-electron chi connectivity index (χ4n) is 2.72. The van der Waals surface area contributed by atoms with Crippen LogP contribution in [0.2, 0.25) is 0 Å². The van der Waals surface area contributed by atoms with Gasteiger partial charge in [0.15, 0.2) is 0 Å². The molecule has 1 saturated carbocycles. The molecule has 1 rings (SSSR count). The Morgan fingerprint density at radius 2 is 1.75 bits per heavy atom. The van der Waals surface area contributed by atoms with E-state index in [4.69, 9.17) is 0 Å². The first-order valence-electron chi connectivity index (χ1n) is 6.50. The molecule has 2 N–H and O–H groups in total. The van der Waals surface area contributed by atoms with Crippen molar-refractivity contribution in [3.05, 3.63) is 0 Å². The second kappa shape index (κ2) is 6.24. The SMILES string of the molecule is CC1CC(C)CC(NCC(=O)NC(C)C)C1. The Morgan fingerprint density at radius 1 is 1.19 bits per heavy atom. The van der Waals surface area contributed by atoms with Crippen LogP contribution in [0.4, 0.5) is 0 Å². The Labute approximate surface area is 99.4 Å². The van der Waals surface area contributed by atoms with Gasteiger partial charge in [0.05, 0.1) is 6.54 Å². The number of hydrogen-bond acceptors (Lipinski definition) is 2. The first-order chi connectivity index (χ1) is 7.47. The average Bonchev–Trinajstić information content (AvgIpc) is 2.12. The third-order valence-electron chi connectivity index (χ3n) is 3.18. The minimum Gasteiger partial charge on any atom is -0.353 e. The molecule has 0 aromatic carbocycles. The summed E-state index contributed by atoms with van der Waals surface area (Å²) in [4.78, 5) is 11.5. The number of carbonyl (C=O) groups is 1. The van der Waals surface area contributed by atoms with Crippen molar-refractivity contribution < 1.29 is 4.79 Å². The Kier molecular flexibility index (Phi) is 5.26. The number of amides is 1. The van der Waals surface area contributed by atoms with Gasteiger partial charge in [0.1, 0.15) is 0 Å². The first-order valence-corrected chi connectivity index (χ1v) is 6.50. The van der Waals surface area contributed by atoms with Crippen molar-refractivity contribution in [2.75, 3.05) is 6.54 Å². The Hall–Kier alpha value is -0.570. The molecule has 0 spiro atoms. The fourth-order valence-corrected chi connectivity index (χ4v) is 2.72. The molecule has 94 valence electrons. The summed E-state index contributed by atoms with van der Waals surface area (Å²) >= 11 is 0. The predicted molar refractivity (Wildman–Crippen MR) is 67.2 cm³/mol. The Bertz CT molecular complexity index is 218. The van der Waals surface area contributed by atoms with Crippen LogP contribution in [0.1, 0.15) is 47.0 Å². The number of carbonyl (C=O) groups excluding carboxylic acids is 1. The molecule has 1 amide bonds. The van der Waals surface area contributed by atoms with Crippen LogP contribution in [-0.4, -0.2) is 24.5 Å². The summed E-state index contributed by atoms with van der Waals surface area (Å²) in [6, 6.07) is 0.759. The summed E-state index contributed by atoms with van der Waals surface area (Å²) in [5, 5.41) is 6.28. The van der Waals surface area contributed by atoms with Crippen LogP contribution in [0, 0.1) is 11.8 Å². The van der Waals surface area contributed by atoms with E-state index in [0.29, 0.717) is 12.6 Å². The smallest absolute Gasteiger partial charge is 0.234 e. The van der Waals surface area contributed by atoms with Gasteiger partial charge in [-0.2, -0.15) is 0 Å². The van der Waals surface area contributed by atoms with Gasteiger partial charge in [-0.3, -0.25) is 4.79 Å². The van der Waals surface area contributed by atoms with Gasteiger partial charge >= 0.3 is 0 Å². The van der Waals surface area contributed by atoms with Gasteiger partial charge in [0, 0.05) is 12.1 Å². The highest BCUT2D eigenvalue weighted by atomic mass is 16.1. The number of rotatable bonds is 4. The summed E-state index contributed by atoms with van der Waals surface area (Å²) in [5.74, 6) is 1.68. The minimum atomic E-state index is 0.112. The van der Waals surface area contributed by atoms with E-state index in [-0.39, 0.29) is 11.9 Å². The molecule has 1 aliphatic rings. The molecule has 2 atom stereocenters. The third kappa shape index (κ3) is 4.97. The van der Waals surface area contributed by atoms with Gasteiger partial charge in [-0.25, -0.2) is 0 Å². The largest absolute Gasteiger partial charge is 0.353 e. The molecule has 0 saturated heterocycles. The highest BCUT2D eigenvalue weighted by molar-refractivity contribution is 5.78. The molecule has 0 aromatic rings. The van der Waals surface area contributed by atoms with Gasteiger partial charge in [0.2, 0.25) is 5.91 Å². The maximum atomic E-state index is 11.5. The van der Waals surface area contributed by atoms with Crippen molar-refractivity contribution in [2.45, 2.75) is 59.0 Å². The number of nitrogens with one attached hydrogen (secondary N) is 2. The van der Waals surface area contributed by atoms with E-state index in [1.54, 1.807) is 0 Å². The molecule has 0 radical (unpaired) electrons. The summed E-state index contributed by atoms with van der Waals surface area (Å²) in [6.45, 7) is 9.05. The van der Waals surface area contributed by atoms with E-state index in [1.165, 1.54) is 19.3 Å². The van der Waals surface area contributed by atoms with Gasteiger partial charge in [-0.05, 0) is 44.9 Å². The van der Waals surface area contributed by atoms with Crippen molar-refractivity contribution in [1.29, 1.82) is 0 Å². The van der Waals surface area contributed by atoms with E-state index in [0.717, 1.165) is 11.8 Å². The van der Waals surface area contributed by atoms with Crippen LogP contribution >= 0.6 is 0 Å². The maximum absolute atomic E-state index is 11.5. The molecule has 0 aliphatic heterocycles. The fraction of sp³-hybridized carbons (Fsp3) is 0.923. The van der Waals surface area contributed by atoms with Crippen LogP contribution in [0.25, 0.3) is 0 Å². The summed E-state index contributed by atoms with van der Waals surface area (Å²) in [7, 11) is 0. The lowest BCUT2D eigenvalue weighted by Gasteiger charge is -2.32. The van der Waals surface area contributed by atoms with E-state index < -0.39 is 0 Å². The van der Waals surface area contributed by atoms with Crippen molar-refractivity contribution in [3.63, 3.8) is 0 Å². The van der Waals surface area contributed by atoms with Crippen molar-refractivity contribution in [1.82, 2.24) is 10.6 Å². The van der Waals surface area contributed by atoms with Crippen molar-refractivity contribution >= 4 is 5.91 Å². The van der Waals surface area contributed by atoms with Crippen LogP contribution in [-0.2, 0) is 4.79 Å². The van der Waals surface area contributed by atoms with E-state index in [1.807, 2.05) is 13.8 Å². The molecule has 0 aromatic heterocycles. The van der Waals surface area contributed by atoms with Gasteiger partial charge in [-0.15, -0.1) is 0 Å². The quantitative estimate of drug-likeness (QED) is 0.769. The van der Waals surface area contributed by atoms with Crippen LogP contribution < -0.4 is 10.6 Å². The maximum Gasteiger partial charge on any atom is 0.234 e. The molecular formula is C13H26N2O. The van der Waals surface area contributed by atoms with E-state index in [9.17, 15) is 4.79 Å². The third-order valence-corrected chi connectivity index (χ3v) is 3.18. The van der Waals surface area contributed by atoms with E-state index in [2.05, 4.69) is 24.5 Å². The van der Waals surface area contributed by atoms with Gasteiger partial charge in [-0.1, -0.05) is 13.8 Å². The molecule has 0 bridgehead atoms. The molecule has 16 heavy (non-hydrogen) atoms. The summed E-state index contributed by atoms with van der Waals surface area (Å²) in [6.07, 6.45) is 3.75. The monoisotopic (exact) mass is 226 g/mol. The van der Waals surface area contributed by atoms with Gasteiger partial charge < -0.3 is 10.6 Å². The zero-order chi connectivity index (χ0) is 12.1. The highest BCUT2D eigenvalue weighted by Crippen LogP contribution is 2.28. The average molecular weight is 226 g/mol. The molecule has 3 heteroatoms. The molecular weight excluding hydrogens is 200 g/mol. The molecule has 1 fully saturated rings. The predicted octanol–water partition coefficient (Wildman–Crippen LogP) is 1.93. The zero-order valence-electron chi connectivity index (χ0n) is 11.0. The Balaban J connectivity index is 2.24. The van der Waals surface area contributed by atoms with Gasteiger partial charge in [0.25, 0.3) is 0 Å². The standard InChI is InChI=1S/C13H26N2O/c1-9(2)15-13(16)8-14-12-6-10(3)5-11(4)7-12/h9-12,14H,5-8H2,1-4H3,(H,15,16). The lowest BCUT2D eigenvalue weighted by Crippen LogP contribution is -2.43. The first kappa shape index (κ1) is 13.5. The van der Waals surface area contributed by atoms with Crippen LogP contribution in [0.15, 0.2) is 0 Å². The second-order valence-electron chi connectivity index (χ2n) is 5.72. The normalized spacial score (nSPS) is 30.4. The lowest BCUT2D eigenvalue weighted by atomic mass is 9.80. The Morgan fingerprint density at radius 3 is 2.25 bits per heavy atom. The van der Waals surface area contributed by atoms with E-state index >= 15 is 0 Å². The summed E-state index contributed by atoms with van der Waals surface area (Å²) in [5.41, 5.74) is 0. The second-order valence-corrected chi connectivity index (χ2v) is 5.72. The zero-order valence-corrected chi connectivity index (χ0v) is 11.0. The summed E-state index contributed by atoms with van der Waals surface area (Å²) < 4.78 is 0. The lowest BCUT2D eigenvalue weighted by molar-refractivity contribution is -0.120. The topological polar surface area (TPSA) is 41.1 Å². The van der Waals surface area contributed by atoms with Crippen molar-refractivity contribution in [2.24, 2.45) is 11.8 Å². The number of hydrogen-bond donors (Lipinski definition) is 2.